The van der Waals surface area contributed by atoms with Gasteiger partial charge in [0.1, 0.15) is 10.8 Å². The smallest absolute Gasteiger partial charge is 0.220 e. The minimum absolute atomic E-state index is 0.195. The molecule has 1 N–H and O–H groups in total. The number of hydrogen-bond donors (Lipinski definition) is 1. The average molecular weight is 300 g/mol. The topological polar surface area (TPSA) is 89.6 Å². The molecule has 8 heteroatoms. The Morgan fingerprint density at radius 1 is 1.10 bits per heavy atom. The minimum Gasteiger partial charge on any atom is -0.508 e. The number of benzene rings is 1. The highest BCUT2D eigenvalue weighted by Gasteiger charge is 2.11. The summed E-state index contributed by atoms with van der Waals surface area (Å²) in [6.45, 7) is 3.83. The van der Waals surface area contributed by atoms with Crippen molar-refractivity contribution in [3.63, 3.8) is 0 Å². The van der Waals surface area contributed by atoms with Gasteiger partial charge in [-0.05, 0) is 60.3 Å². The van der Waals surface area contributed by atoms with Crippen LogP contribution >= 0.6 is 11.8 Å². The van der Waals surface area contributed by atoms with Crippen LogP contribution in [0.1, 0.15) is 11.4 Å². The fourth-order valence-corrected chi connectivity index (χ4v) is 2.44. The van der Waals surface area contributed by atoms with Gasteiger partial charge in [0, 0.05) is 0 Å². The number of rotatable bonds is 3. The van der Waals surface area contributed by atoms with E-state index in [-0.39, 0.29) is 5.75 Å². The summed E-state index contributed by atoms with van der Waals surface area (Å²) < 4.78 is 1.58. The van der Waals surface area contributed by atoms with Crippen LogP contribution in [0.4, 0.5) is 0 Å². The summed E-state index contributed by atoms with van der Waals surface area (Å²) in [7, 11) is 0. The molecule has 0 atom stereocenters. The van der Waals surface area contributed by atoms with Crippen molar-refractivity contribution in [1.29, 1.82) is 0 Å². The Morgan fingerprint density at radius 2 is 1.86 bits per heavy atom. The molecule has 3 aromatic rings. The van der Waals surface area contributed by atoms with Crippen LogP contribution in [0.5, 0.6) is 5.75 Å². The molecule has 1 aromatic carbocycles. The molecule has 0 saturated carbocycles. The van der Waals surface area contributed by atoms with Gasteiger partial charge in [-0.1, -0.05) is 0 Å². The van der Waals surface area contributed by atoms with Gasteiger partial charge in [0.15, 0.2) is 0 Å². The standard InChI is InChI=1S/C13H12N6OS/c1-8-9(2)15-12(7-14-8)21-13-16-17-18-19(13)10-3-5-11(20)6-4-10/h3-7,20H,1-2H3. The summed E-state index contributed by atoms with van der Waals surface area (Å²) in [6, 6.07) is 6.65. The SMILES string of the molecule is Cc1ncc(Sc2nnnn2-c2ccc(O)cc2)nc1C. The number of aryl methyl sites for hydroxylation is 2. The first-order valence-electron chi connectivity index (χ1n) is 6.19. The van der Waals surface area contributed by atoms with Crippen molar-refractivity contribution < 1.29 is 5.11 Å². The van der Waals surface area contributed by atoms with Gasteiger partial charge in [-0.2, -0.15) is 4.68 Å². The zero-order chi connectivity index (χ0) is 14.8. The first-order chi connectivity index (χ1) is 10.1. The lowest BCUT2D eigenvalue weighted by Gasteiger charge is -2.05. The van der Waals surface area contributed by atoms with Gasteiger partial charge in [-0.15, -0.1) is 5.10 Å². The molecule has 0 aliphatic heterocycles. The molecule has 2 heterocycles. The van der Waals surface area contributed by atoms with Crippen molar-refractivity contribution in [1.82, 2.24) is 30.2 Å². The third-order valence-corrected chi connectivity index (χ3v) is 3.74. The monoisotopic (exact) mass is 300 g/mol. The zero-order valence-electron chi connectivity index (χ0n) is 11.4. The van der Waals surface area contributed by atoms with E-state index in [1.807, 2.05) is 13.8 Å². The molecule has 0 spiro atoms. The summed E-state index contributed by atoms with van der Waals surface area (Å²) in [5, 5.41) is 22.3. The summed E-state index contributed by atoms with van der Waals surface area (Å²) in [5.41, 5.74) is 2.54. The minimum atomic E-state index is 0.195. The molecular weight excluding hydrogens is 288 g/mol. The van der Waals surface area contributed by atoms with E-state index in [0.29, 0.717) is 5.16 Å². The van der Waals surface area contributed by atoms with E-state index in [1.54, 1.807) is 35.1 Å². The maximum absolute atomic E-state index is 9.33. The lowest BCUT2D eigenvalue weighted by Crippen LogP contribution is -1.99. The molecule has 2 aromatic heterocycles. The Morgan fingerprint density at radius 3 is 2.57 bits per heavy atom. The molecule has 0 aliphatic rings. The number of nitrogens with zero attached hydrogens (tertiary/aromatic N) is 6. The third-order valence-electron chi connectivity index (χ3n) is 2.90. The van der Waals surface area contributed by atoms with Crippen LogP contribution in [0.25, 0.3) is 5.69 Å². The fraction of sp³-hybridized carbons (Fsp3) is 0.154. The van der Waals surface area contributed by atoms with E-state index in [0.717, 1.165) is 22.1 Å². The maximum Gasteiger partial charge on any atom is 0.220 e. The van der Waals surface area contributed by atoms with E-state index < -0.39 is 0 Å². The normalized spacial score (nSPS) is 10.8. The van der Waals surface area contributed by atoms with Crippen molar-refractivity contribution in [3.8, 4) is 11.4 Å². The van der Waals surface area contributed by atoms with Gasteiger partial charge in [0.05, 0.1) is 23.3 Å². The number of tetrazole rings is 1. The van der Waals surface area contributed by atoms with Gasteiger partial charge in [0.2, 0.25) is 5.16 Å². The second-order valence-corrected chi connectivity index (χ2v) is 5.36. The van der Waals surface area contributed by atoms with Gasteiger partial charge in [-0.25, -0.2) is 4.98 Å². The molecule has 0 fully saturated rings. The van der Waals surface area contributed by atoms with Crippen molar-refractivity contribution in [2.75, 3.05) is 0 Å². The fourth-order valence-electron chi connectivity index (χ4n) is 1.66. The predicted octanol–water partition coefficient (Wildman–Crippen LogP) is 1.93. The van der Waals surface area contributed by atoms with Crippen LogP contribution in [-0.2, 0) is 0 Å². The molecule has 0 unspecified atom stereocenters. The van der Waals surface area contributed by atoms with E-state index in [1.165, 1.54) is 11.8 Å². The Kier molecular flexibility index (Phi) is 3.53. The molecule has 0 amide bonds. The maximum atomic E-state index is 9.33. The van der Waals surface area contributed by atoms with Crippen LogP contribution in [-0.4, -0.2) is 35.3 Å². The quantitative estimate of drug-likeness (QED) is 0.790. The van der Waals surface area contributed by atoms with Crippen molar-refractivity contribution in [2.45, 2.75) is 24.0 Å². The molecule has 0 saturated heterocycles. The first-order valence-corrected chi connectivity index (χ1v) is 7.01. The number of hydrogen-bond acceptors (Lipinski definition) is 7. The number of aromatic nitrogens is 6. The summed E-state index contributed by atoms with van der Waals surface area (Å²) in [5.74, 6) is 0.195. The second-order valence-electron chi connectivity index (χ2n) is 4.37. The van der Waals surface area contributed by atoms with Crippen molar-refractivity contribution in [2.24, 2.45) is 0 Å². The highest BCUT2D eigenvalue weighted by molar-refractivity contribution is 7.99. The second kappa shape index (κ2) is 5.49. The highest BCUT2D eigenvalue weighted by atomic mass is 32.2. The number of phenolic OH excluding ortho intramolecular Hbond substituents is 1. The highest BCUT2D eigenvalue weighted by Crippen LogP contribution is 2.25. The van der Waals surface area contributed by atoms with Gasteiger partial charge >= 0.3 is 0 Å². The molecule has 0 radical (unpaired) electrons. The number of aromatic hydroxyl groups is 1. The van der Waals surface area contributed by atoms with E-state index in [2.05, 4.69) is 25.5 Å². The van der Waals surface area contributed by atoms with Gasteiger partial charge in [0.25, 0.3) is 0 Å². The van der Waals surface area contributed by atoms with Crippen LogP contribution in [0.2, 0.25) is 0 Å². The Labute approximate surface area is 125 Å². The summed E-state index contributed by atoms with van der Waals surface area (Å²) in [4.78, 5) is 8.73. The molecule has 21 heavy (non-hydrogen) atoms. The van der Waals surface area contributed by atoms with E-state index in [4.69, 9.17) is 0 Å². The lowest BCUT2D eigenvalue weighted by molar-refractivity contribution is 0.475. The first kappa shape index (κ1) is 13.5. The van der Waals surface area contributed by atoms with Gasteiger partial charge < -0.3 is 5.11 Å². The van der Waals surface area contributed by atoms with Crippen LogP contribution < -0.4 is 0 Å². The average Bonchev–Trinajstić information content (AvgIpc) is 2.92. The molecular formula is C13H12N6OS. The Hall–Kier alpha value is -2.48. The van der Waals surface area contributed by atoms with Crippen LogP contribution in [0.15, 0.2) is 40.6 Å². The Bertz CT molecular complexity index is 771. The van der Waals surface area contributed by atoms with Gasteiger partial charge in [-0.3, -0.25) is 4.98 Å². The molecule has 3 rings (SSSR count). The van der Waals surface area contributed by atoms with Crippen LogP contribution in [0.3, 0.4) is 0 Å². The molecule has 0 aliphatic carbocycles. The van der Waals surface area contributed by atoms with Crippen molar-refractivity contribution >= 4 is 11.8 Å². The zero-order valence-corrected chi connectivity index (χ0v) is 12.2. The molecule has 106 valence electrons. The largest absolute Gasteiger partial charge is 0.508 e. The third kappa shape index (κ3) is 2.84. The predicted molar refractivity (Wildman–Crippen MR) is 76.4 cm³/mol. The number of phenols is 1. The molecule has 0 bridgehead atoms. The summed E-state index contributed by atoms with van der Waals surface area (Å²) >= 11 is 1.33. The summed E-state index contributed by atoms with van der Waals surface area (Å²) in [6.07, 6.45) is 1.70. The lowest BCUT2D eigenvalue weighted by atomic mass is 10.3. The van der Waals surface area contributed by atoms with Crippen molar-refractivity contribution in [3.05, 3.63) is 41.9 Å². The molecule has 7 nitrogen and oxygen atoms in total. The van der Waals surface area contributed by atoms with E-state index in [9.17, 15) is 5.11 Å². The Balaban J connectivity index is 1.92. The van der Waals surface area contributed by atoms with E-state index >= 15 is 0 Å². The van der Waals surface area contributed by atoms with Crippen LogP contribution in [0, 0.1) is 13.8 Å².